The van der Waals surface area contributed by atoms with Crippen molar-refractivity contribution < 1.29 is 8.83 Å². The summed E-state index contributed by atoms with van der Waals surface area (Å²) < 4.78 is 12.9. The summed E-state index contributed by atoms with van der Waals surface area (Å²) in [5.41, 5.74) is 13.1. The van der Waals surface area contributed by atoms with E-state index in [-0.39, 0.29) is 0 Å². The lowest BCUT2D eigenvalue weighted by Crippen LogP contribution is -1.93. The van der Waals surface area contributed by atoms with Gasteiger partial charge in [-0.15, -0.1) is 0 Å². The summed E-state index contributed by atoms with van der Waals surface area (Å²) in [6.45, 7) is 0. The molecule has 0 saturated carbocycles. The predicted octanol–water partition coefficient (Wildman–Crippen LogP) is 15.6. The quantitative estimate of drug-likeness (QED) is 0.170. The van der Waals surface area contributed by atoms with Gasteiger partial charge in [0.25, 0.3) is 0 Å². The maximum atomic E-state index is 6.43. The number of hydrogen-bond donors (Lipinski definition) is 0. The third-order valence-electron chi connectivity index (χ3n) is 11.7. The normalized spacial score (nSPS) is 11.9. The molecule has 56 heavy (non-hydrogen) atoms. The standard InChI is InChI=1S/C54H32O2/c1-2-14-33(15-3-1)44-30-34-16-4-5-17-35(34)31-47(44)52-40-22-10-20-36(38-24-12-28-50-53(38)42-18-6-8-26-48(42)55-50)45(40)32-46-37(21-11-23-41(46)52)39-25-13-29-51-54(39)43-19-7-9-27-49(43)56-51/h1-32H. The highest BCUT2D eigenvalue weighted by Crippen LogP contribution is 2.49. The van der Waals surface area contributed by atoms with Crippen molar-refractivity contribution in [2.45, 2.75) is 0 Å². The first-order valence-corrected chi connectivity index (χ1v) is 19.2. The fourth-order valence-corrected chi connectivity index (χ4v) is 9.23. The molecule has 0 amide bonds. The molecule has 10 aromatic carbocycles. The average Bonchev–Trinajstić information content (AvgIpc) is 3.84. The lowest BCUT2D eigenvalue weighted by Gasteiger charge is -2.20. The monoisotopic (exact) mass is 712 g/mol. The molecule has 0 aliphatic rings. The minimum atomic E-state index is 0.891. The maximum absolute atomic E-state index is 6.43. The molecular weight excluding hydrogens is 681 g/mol. The highest BCUT2D eigenvalue weighted by Gasteiger charge is 2.22. The largest absolute Gasteiger partial charge is 0.456 e. The molecule has 12 rings (SSSR count). The van der Waals surface area contributed by atoms with E-state index in [1.165, 1.54) is 65.7 Å². The average molecular weight is 713 g/mol. The smallest absolute Gasteiger partial charge is 0.136 e. The van der Waals surface area contributed by atoms with Crippen molar-refractivity contribution in [1.29, 1.82) is 0 Å². The lowest BCUT2D eigenvalue weighted by molar-refractivity contribution is 0.668. The van der Waals surface area contributed by atoms with Crippen LogP contribution in [0.4, 0.5) is 0 Å². The Morgan fingerprint density at radius 2 is 0.679 bits per heavy atom. The van der Waals surface area contributed by atoms with E-state index in [1.807, 2.05) is 12.1 Å². The Kier molecular flexibility index (Phi) is 6.66. The van der Waals surface area contributed by atoms with Crippen LogP contribution < -0.4 is 0 Å². The Bertz CT molecular complexity index is 3360. The highest BCUT2D eigenvalue weighted by molar-refractivity contribution is 6.24. The van der Waals surface area contributed by atoms with Gasteiger partial charge < -0.3 is 8.83 Å². The summed E-state index contributed by atoms with van der Waals surface area (Å²) in [5.74, 6) is 0. The molecule has 0 aliphatic carbocycles. The van der Waals surface area contributed by atoms with Gasteiger partial charge in [-0.05, 0) is 119 Å². The Hall–Kier alpha value is -7.42. The molecule has 0 spiro atoms. The van der Waals surface area contributed by atoms with E-state index < -0.39 is 0 Å². The van der Waals surface area contributed by atoms with Gasteiger partial charge in [0.05, 0.1) is 0 Å². The van der Waals surface area contributed by atoms with E-state index in [2.05, 4.69) is 182 Å². The SMILES string of the molecule is c1ccc(-c2cc3ccccc3cc2-c2c3cccc(-c4cccc5oc6ccccc6c45)c3cc3c(-c4cccc5oc6ccccc6c45)cccc23)cc1. The molecule has 0 radical (unpaired) electrons. The molecule has 2 nitrogen and oxygen atoms in total. The van der Waals surface area contributed by atoms with Gasteiger partial charge in [-0.25, -0.2) is 0 Å². The third-order valence-corrected chi connectivity index (χ3v) is 11.7. The second kappa shape index (κ2) is 12.0. The minimum absolute atomic E-state index is 0.891. The Morgan fingerprint density at radius 3 is 1.25 bits per heavy atom. The number of rotatable bonds is 4. The zero-order valence-corrected chi connectivity index (χ0v) is 30.3. The molecule has 12 aromatic rings. The van der Waals surface area contributed by atoms with Crippen LogP contribution in [0.1, 0.15) is 0 Å². The van der Waals surface area contributed by atoms with Crippen molar-refractivity contribution in [2.24, 2.45) is 0 Å². The molecule has 0 atom stereocenters. The zero-order valence-electron chi connectivity index (χ0n) is 30.3. The van der Waals surface area contributed by atoms with Gasteiger partial charge in [-0.3, -0.25) is 0 Å². The summed E-state index contributed by atoms with van der Waals surface area (Å²) in [7, 11) is 0. The van der Waals surface area contributed by atoms with Gasteiger partial charge in [0.15, 0.2) is 0 Å². The van der Waals surface area contributed by atoms with Crippen LogP contribution in [0.2, 0.25) is 0 Å². The highest BCUT2D eigenvalue weighted by atomic mass is 16.3. The van der Waals surface area contributed by atoms with E-state index in [9.17, 15) is 0 Å². The van der Waals surface area contributed by atoms with Crippen LogP contribution in [0.15, 0.2) is 203 Å². The van der Waals surface area contributed by atoms with Gasteiger partial charge in [0.1, 0.15) is 22.3 Å². The molecule has 0 N–H and O–H groups in total. The maximum Gasteiger partial charge on any atom is 0.136 e. The third kappa shape index (κ3) is 4.57. The summed E-state index contributed by atoms with van der Waals surface area (Å²) in [5, 5.41) is 11.7. The lowest BCUT2D eigenvalue weighted by atomic mass is 9.82. The fourth-order valence-electron chi connectivity index (χ4n) is 9.23. The Balaban J connectivity index is 1.27. The predicted molar refractivity (Wildman–Crippen MR) is 235 cm³/mol. The van der Waals surface area contributed by atoms with E-state index in [0.717, 1.165) is 55.0 Å². The van der Waals surface area contributed by atoms with Crippen LogP contribution in [0, 0.1) is 0 Å². The summed E-state index contributed by atoms with van der Waals surface area (Å²) in [4.78, 5) is 0. The first kappa shape index (κ1) is 31.0. The van der Waals surface area contributed by atoms with E-state index >= 15 is 0 Å². The van der Waals surface area contributed by atoms with Crippen LogP contribution in [0.5, 0.6) is 0 Å². The molecular formula is C54H32O2. The Morgan fingerprint density at radius 1 is 0.250 bits per heavy atom. The molecule has 0 saturated heterocycles. The topological polar surface area (TPSA) is 26.3 Å². The fraction of sp³-hybridized carbons (Fsp3) is 0. The van der Waals surface area contributed by atoms with Gasteiger partial charge in [0, 0.05) is 21.5 Å². The van der Waals surface area contributed by atoms with Gasteiger partial charge in [-0.2, -0.15) is 0 Å². The number of fused-ring (bicyclic) bond motifs is 9. The summed E-state index contributed by atoms with van der Waals surface area (Å²) >= 11 is 0. The molecule has 2 heterocycles. The van der Waals surface area contributed by atoms with Crippen LogP contribution in [-0.2, 0) is 0 Å². The molecule has 260 valence electrons. The van der Waals surface area contributed by atoms with Crippen LogP contribution in [0.3, 0.4) is 0 Å². The van der Waals surface area contributed by atoms with Crippen molar-refractivity contribution >= 4 is 76.2 Å². The van der Waals surface area contributed by atoms with E-state index in [1.54, 1.807) is 0 Å². The van der Waals surface area contributed by atoms with Crippen molar-refractivity contribution in [3.8, 4) is 44.5 Å². The second-order valence-electron chi connectivity index (χ2n) is 14.7. The first-order valence-electron chi connectivity index (χ1n) is 19.2. The molecule has 0 fully saturated rings. The van der Waals surface area contributed by atoms with Gasteiger partial charge >= 0.3 is 0 Å². The van der Waals surface area contributed by atoms with Crippen LogP contribution >= 0.6 is 0 Å². The van der Waals surface area contributed by atoms with Crippen molar-refractivity contribution in [3.05, 3.63) is 194 Å². The first-order chi connectivity index (χ1) is 27.8. The Labute approximate surface area is 322 Å². The van der Waals surface area contributed by atoms with Crippen LogP contribution in [0.25, 0.3) is 121 Å². The van der Waals surface area contributed by atoms with Gasteiger partial charge in [-0.1, -0.05) is 152 Å². The number of benzene rings is 10. The second-order valence-corrected chi connectivity index (χ2v) is 14.7. The number of para-hydroxylation sites is 2. The van der Waals surface area contributed by atoms with Crippen LogP contribution in [-0.4, -0.2) is 0 Å². The molecule has 2 heteroatoms. The van der Waals surface area contributed by atoms with Crippen molar-refractivity contribution in [1.82, 2.24) is 0 Å². The number of hydrogen-bond acceptors (Lipinski definition) is 2. The molecule has 0 bridgehead atoms. The van der Waals surface area contributed by atoms with E-state index in [0.29, 0.717) is 0 Å². The van der Waals surface area contributed by atoms with E-state index in [4.69, 9.17) is 8.83 Å². The molecule has 0 aliphatic heterocycles. The van der Waals surface area contributed by atoms with Crippen molar-refractivity contribution in [3.63, 3.8) is 0 Å². The minimum Gasteiger partial charge on any atom is -0.456 e. The summed E-state index contributed by atoms with van der Waals surface area (Å²) in [6, 6.07) is 70.0. The number of furan rings is 2. The van der Waals surface area contributed by atoms with Gasteiger partial charge in [0.2, 0.25) is 0 Å². The molecule has 2 aromatic heterocycles. The van der Waals surface area contributed by atoms with Crippen molar-refractivity contribution in [2.75, 3.05) is 0 Å². The zero-order chi connectivity index (χ0) is 36.7. The summed E-state index contributed by atoms with van der Waals surface area (Å²) in [6.07, 6.45) is 0. The molecule has 0 unspecified atom stereocenters.